The van der Waals surface area contributed by atoms with Crippen LogP contribution in [0.1, 0.15) is 24.8 Å². The molecule has 1 saturated carbocycles. The summed E-state index contributed by atoms with van der Waals surface area (Å²) in [6, 6.07) is 20.6. The summed E-state index contributed by atoms with van der Waals surface area (Å²) >= 11 is -0.0976. The van der Waals surface area contributed by atoms with Gasteiger partial charge < -0.3 is 0 Å². The van der Waals surface area contributed by atoms with E-state index in [2.05, 4.69) is 37.3 Å². The third-order valence-corrected chi connectivity index (χ3v) is 5.65. The first-order valence-corrected chi connectivity index (χ1v) is 8.95. The van der Waals surface area contributed by atoms with Gasteiger partial charge in [0.05, 0.1) is 0 Å². The van der Waals surface area contributed by atoms with E-state index < -0.39 is 0 Å². The van der Waals surface area contributed by atoms with Crippen LogP contribution in [0.25, 0.3) is 0 Å². The summed E-state index contributed by atoms with van der Waals surface area (Å²) in [7, 11) is 0. The van der Waals surface area contributed by atoms with E-state index in [1.807, 2.05) is 36.4 Å². The number of carbonyl (C=O) groups is 1. The van der Waals surface area contributed by atoms with Gasteiger partial charge in [0.25, 0.3) is 0 Å². The SMILES string of the molecule is C/C(=C\C(=O)[Se]c1ccccc1)C1CC1c1ccccc1. The van der Waals surface area contributed by atoms with Crippen LogP contribution in [0.5, 0.6) is 0 Å². The Kier molecular flexibility index (Phi) is 4.38. The van der Waals surface area contributed by atoms with E-state index in [1.165, 1.54) is 17.6 Å². The van der Waals surface area contributed by atoms with Crippen LogP contribution < -0.4 is 4.46 Å². The Hall–Kier alpha value is -1.63. The first-order valence-electron chi connectivity index (χ1n) is 7.24. The summed E-state index contributed by atoms with van der Waals surface area (Å²) in [6.07, 6.45) is 3.05. The Bertz CT molecular complexity index is 646. The van der Waals surface area contributed by atoms with E-state index in [9.17, 15) is 4.79 Å². The van der Waals surface area contributed by atoms with Gasteiger partial charge in [-0.15, -0.1) is 0 Å². The molecule has 1 nitrogen and oxygen atoms in total. The Morgan fingerprint density at radius 1 is 1.05 bits per heavy atom. The molecule has 0 spiro atoms. The normalized spacial score (nSPS) is 21.1. The minimum atomic E-state index is -0.0976. The average Bonchev–Trinajstić information content (AvgIpc) is 3.29. The molecular formula is C19H18OSe. The van der Waals surface area contributed by atoms with Gasteiger partial charge in [-0.05, 0) is 0 Å². The number of benzene rings is 2. The molecule has 0 bridgehead atoms. The van der Waals surface area contributed by atoms with E-state index >= 15 is 0 Å². The van der Waals surface area contributed by atoms with Crippen LogP contribution in [0.3, 0.4) is 0 Å². The van der Waals surface area contributed by atoms with Crippen LogP contribution in [0, 0.1) is 5.92 Å². The van der Waals surface area contributed by atoms with Gasteiger partial charge >= 0.3 is 132 Å². The molecule has 2 unspecified atom stereocenters. The van der Waals surface area contributed by atoms with Crippen molar-refractivity contribution in [3.05, 3.63) is 77.9 Å². The van der Waals surface area contributed by atoms with Gasteiger partial charge in [-0.25, -0.2) is 0 Å². The molecule has 2 atom stereocenters. The zero-order valence-electron chi connectivity index (χ0n) is 12.0. The predicted molar refractivity (Wildman–Crippen MR) is 87.9 cm³/mol. The topological polar surface area (TPSA) is 17.1 Å². The molecule has 21 heavy (non-hydrogen) atoms. The molecule has 2 aromatic carbocycles. The van der Waals surface area contributed by atoms with Crippen molar-refractivity contribution in [3.63, 3.8) is 0 Å². The Morgan fingerprint density at radius 3 is 2.33 bits per heavy atom. The zero-order valence-corrected chi connectivity index (χ0v) is 13.7. The van der Waals surface area contributed by atoms with E-state index in [1.54, 1.807) is 0 Å². The molecule has 0 saturated heterocycles. The van der Waals surface area contributed by atoms with Crippen molar-refractivity contribution in [2.75, 3.05) is 0 Å². The van der Waals surface area contributed by atoms with E-state index in [-0.39, 0.29) is 19.6 Å². The second-order valence-corrected chi connectivity index (χ2v) is 7.74. The van der Waals surface area contributed by atoms with Gasteiger partial charge in [0.2, 0.25) is 0 Å². The van der Waals surface area contributed by atoms with Gasteiger partial charge in [0.15, 0.2) is 0 Å². The molecule has 2 aromatic rings. The van der Waals surface area contributed by atoms with Gasteiger partial charge in [-0.3, -0.25) is 0 Å². The zero-order chi connectivity index (χ0) is 14.7. The third-order valence-electron chi connectivity index (χ3n) is 3.91. The second kappa shape index (κ2) is 6.43. The summed E-state index contributed by atoms with van der Waals surface area (Å²) in [5.41, 5.74) is 2.64. The second-order valence-electron chi connectivity index (χ2n) is 5.48. The molecule has 0 amide bonds. The van der Waals surface area contributed by atoms with Crippen LogP contribution in [0.15, 0.2) is 72.3 Å². The maximum atomic E-state index is 12.1. The number of rotatable bonds is 5. The number of hydrogen-bond acceptors (Lipinski definition) is 1. The molecule has 1 fully saturated rings. The van der Waals surface area contributed by atoms with Crippen molar-refractivity contribution in [1.82, 2.24) is 0 Å². The molecule has 0 aromatic heterocycles. The Morgan fingerprint density at radius 2 is 1.67 bits per heavy atom. The monoisotopic (exact) mass is 342 g/mol. The molecule has 0 aliphatic heterocycles. The molecular weight excluding hydrogens is 323 g/mol. The first-order chi connectivity index (χ1) is 10.2. The quantitative estimate of drug-likeness (QED) is 0.602. The van der Waals surface area contributed by atoms with E-state index in [4.69, 9.17) is 0 Å². The maximum absolute atomic E-state index is 12.1. The van der Waals surface area contributed by atoms with Crippen molar-refractivity contribution in [3.8, 4) is 0 Å². The average molecular weight is 341 g/mol. The molecule has 2 heteroatoms. The summed E-state index contributed by atoms with van der Waals surface area (Å²) in [6.45, 7) is 2.10. The molecule has 0 heterocycles. The molecule has 3 rings (SSSR count). The van der Waals surface area contributed by atoms with Crippen molar-refractivity contribution >= 4 is 24.1 Å². The minimum absolute atomic E-state index is 0.0976. The fourth-order valence-corrected chi connectivity index (χ4v) is 4.31. The fraction of sp³-hybridized carbons (Fsp3) is 0.211. The van der Waals surface area contributed by atoms with Gasteiger partial charge in [-0.2, -0.15) is 0 Å². The van der Waals surface area contributed by atoms with Crippen LogP contribution in [-0.2, 0) is 4.79 Å². The molecule has 0 radical (unpaired) electrons. The molecule has 0 N–H and O–H groups in total. The van der Waals surface area contributed by atoms with Gasteiger partial charge in [0, 0.05) is 0 Å². The number of carbonyl (C=O) groups excluding carboxylic acids is 1. The predicted octanol–water partition coefficient (Wildman–Crippen LogP) is 3.29. The first kappa shape index (κ1) is 14.3. The van der Waals surface area contributed by atoms with Gasteiger partial charge in [0.1, 0.15) is 0 Å². The van der Waals surface area contributed by atoms with Crippen LogP contribution >= 0.6 is 0 Å². The van der Waals surface area contributed by atoms with Crippen molar-refractivity contribution < 1.29 is 4.79 Å². The summed E-state index contributed by atoms with van der Waals surface area (Å²) in [5.74, 6) is 1.17. The number of hydrogen-bond donors (Lipinski definition) is 0. The standard InChI is InChI=1S/C19H18OSe/c1-14(12-19(20)21-16-10-6-3-7-11-16)17-13-18(17)15-8-4-2-5-9-15/h2-12,17-18H,13H2,1H3/b14-12+. The Balaban J connectivity index is 1.61. The molecule has 106 valence electrons. The van der Waals surface area contributed by atoms with Gasteiger partial charge in [-0.1, -0.05) is 0 Å². The summed E-state index contributed by atoms with van der Waals surface area (Å²) in [4.78, 5) is 12.1. The third kappa shape index (κ3) is 3.72. The number of allylic oxidation sites excluding steroid dienone is 2. The molecule has 1 aliphatic carbocycles. The van der Waals surface area contributed by atoms with E-state index in [0.29, 0.717) is 11.8 Å². The van der Waals surface area contributed by atoms with Crippen LogP contribution in [0.4, 0.5) is 0 Å². The van der Waals surface area contributed by atoms with Crippen molar-refractivity contribution in [2.45, 2.75) is 19.3 Å². The van der Waals surface area contributed by atoms with Crippen LogP contribution in [-0.4, -0.2) is 19.6 Å². The van der Waals surface area contributed by atoms with Crippen molar-refractivity contribution in [2.24, 2.45) is 5.92 Å². The van der Waals surface area contributed by atoms with E-state index in [0.717, 1.165) is 4.46 Å². The Labute approximate surface area is 132 Å². The molecule has 1 aliphatic rings. The van der Waals surface area contributed by atoms with Crippen LogP contribution in [0.2, 0.25) is 0 Å². The fourth-order valence-electron chi connectivity index (χ4n) is 2.69. The summed E-state index contributed by atoms with van der Waals surface area (Å²) < 4.78 is 1.42. The summed E-state index contributed by atoms with van der Waals surface area (Å²) in [5, 5.41) is 0. The van der Waals surface area contributed by atoms with Crippen molar-refractivity contribution in [1.29, 1.82) is 0 Å².